The fraction of sp³-hybridized carbons (Fsp3) is 0.650. The van der Waals surface area contributed by atoms with Crippen molar-refractivity contribution in [2.75, 3.05) is 33.4 Å². The zero-order valence-electron chi connectivity index (χ0n) is 15.2. The van der Waals surface area contributed by atoms with Crippen LogP contribution in [0.5, 0.6) is 5.75 Å². The van der Waals surface area contributed by atoms with Gasteiger partial charge in [0.15, 0.2) is 0 Å². The molecule has 3 rings (SSSR count). The molecule has 2 aliphatic rings. The maximum absolute atomic E-state index is 12.7. The molecule has 0 aliphatic carbocycles. The summed E-state index contributed by atoms with van der Waals surface area (Å²) in [7, 11) is 1.69. The van der Waals surface area contributed by atoms with Crippen molar-refractivity contribution in [2.24, 2.45) is 17.6 Å². The van der Waals surface area contributed by atoms with Crippen LogP contribution in [0.25, 0.3) is 0 Å². The van der Waals surface area contributed by atoms with Gasteiger partial charge < -0.3 is 20.1 Å². The first-order valence-electron chi connectivity index (χ1n) is 9.42. The van der Waals surface area contributed by atoms with Crippen LogP contribution >= 0.6 is 0 Å². The molecule has 1 aromatic rings. The van der Waals surface area contributed by atoms with Crippen LogP contribution in [0.3, 0.4) is 0 Å². The molecule has 5 nitrogen and oxygen atoms in total. The number of carbonyl (C=O) groups excluding carboxylic acids is 1. The fourth-order valence-electron chi connectivity index (χ4n) is 3.94. The SMILES string of the molecule is COc1ccc(CC2CCN(C(=O)C(N)C3CCOCC3)CC2)cc1. The molecule has 25 heavy (non-hydrogen) atoms. The smallest absolute Gasteiger partial charge is 0.239 e. The van der Waals surface area contributed by atoms with E-state index in [-0.39, 0.29) is 17.9 Å². The summed E-state index contributed by atoms with van der Waals surface area (Å²) in [5, 5.41) is 0. The molecule has 1 aromatic carbocycles. The highest BCUT2D eigenvalue weighted by Gasteiger charge is 2.31. The zero-order chi connectivity index (χ0) is 17.6. The molecule has 0 aromatic heterocycles. The zero-order valence-corrected chi connectivity index (χ0v) is 15.2. The molecule has 138 valence electrons. The van der Waals surface area contributed by atoms with Gasteiger partial charge >= 0.3 is 0 Å². The van der Waals surface area contributed by atoms with Gasteiger partial charge in [0.25, 0.3) is 0 Å². The lowest BCUT2D eigenvalue weighted by atomic mass is 9.88. The first kappa shape index (κ1) is 18.2. The molecule has 0 bridgehead atoms. The third-order valence-electron chi connectivity index (χ3n) is 5.67. The Kier molecular flexibility index (Phi) is 6.32. The van der Waals surface area contributed by atoms with Gasteiger partial charge in [0.2, 0.25) is 5.91 Å². The van der Waals surface area contributed by atoms with E-state index >= 15 is 0 Å². The lowest BCUT2D eigenvalue weighted by Crippen LogP contribution is -2.51. The van der Waals surface area contributed by atoms with E-state index in [2.05, 4.69) is 12.1 Å². The number of nitrogens with two attached hydrogens (primary N) is 1. The normalized spacial score (nSPS) is 21.1. The minimum atomic E-state index is -0.359. The topological polar surface area (TPSA) is 64.8 Å². The number of ether oxygens (including phenoxy) is 2. The van der Waals surface area contributed by atoms with Crippen LogP contribution < -0.4 is 10.5 Å². The maximum Gasteiger partial charge on any atom is 0.239 e. The van der Waals surface area contributed by atoms with E-state index in [9.17, 15) is 4.79 Å². The quantitative estimate of drug-likeness (QED) is 0.888. The molecular weight excluding hydrogens is 316 g/mol. The minimum absolute atomic E-state index is 0.134. The third kappa shape index (κ3) is 4.73. The lowest BCUT2D eigenvalue weighted by molar-refractivity contribution is -0.136. The molecule has 2 fully saturated rings. The van der Waals surface area contributed by atoms with Crippen LogP contribution in [0.4, 0.5) is 0 Å². The Morgan fingerprint density at radius 3 is 2.44 bits per heavy atom. The predicted molar refractivity (Wildman–Crippen MR) is 97.5 cm³/mol. The summed E-state index contributed by atoms with van der Waals surface area (Å²) in [5.41, 5.74) is 7.59. The third-order valence-corrected chi connectivity index (χ3v) is 5.67. The molecule has 0 spiro atoms. The van der Waals surface area contributed by atoms with Crippen molar-refractivity contribution < 1.29 is 14.3 Å². The van der Waals surface area contributed by atoms with Gasteiger partial charge in [-0.05, 0) is 61.6 Å². The van der Waals surface area contributed by atoms with Crippen molar-refractivity contribution in [1.29, 1.82) is 0 Å². The number of benzene rings is 1. The summed E-state index contributed by atoms with van der Waals surface area (Å²) in [6, 6.07) is 7.94. The Hall–Kier alpha value is -1.59. The number of rotatable bonds is 5. The second-order valence-electron chi connectivity index (χ2n) is 7.30. The number of carbonyl (C=O) groups is 1. The number of piperidine rings is 1. The molecule has 5 heteroatoms. The van der Waals surface area contributed by atoms with Crippen molar-refractivity contribution in [3.63, 3.8) is 0 Å². The summed E-state index contributed by atoms with van der Waals surface area (Å²) in [4.78, 5) is 14.7. The van der Waals surface area contributed by atoms with Crippen LogP contribution in [-0.4, -0.2) is 50.3 Å². The number of likely N-dealkylation sites (tertiary alicyclic amines) is 1. The number of amides is 1. The van der Waals surface area contributed by atoms with Crippen LogP contribution in [-0.2, 0) is 16.0 Å². The van der Waals surface area contributed by atoms with Gasteiger partial charge in [-0.15, -0.1) is 0 Å². The average molecular weight is 346 g/mol. The van der Waals surface area contributed by atoms with Crippen molar-refractivity contribution in [3.8, 4) is 5.75 Å². The molecule has 2 saturated heterocycles. The summed E-state index contributed by atoms with van der Waals surface area (Å²) in [5.74, 6) is 1.94. The van der Waals surface area contributed by atoms with E-state index < -0.39 is 0 Å². The first-order valence-corrected chi connectivity index (χ1v) is 9.42. The molecule has 2 aliphatic heterocycles. The summed E-state index contributed by atoms with van der Waals surface area (Å²) < 4.78 is 10.6. The van der Waals surface area contributed by atoms with Crippen LogP contribution in [0.15, 0.2) is 24.3 Å². The summed E-state index contributed by atoms with van der Waals surface area (Å²) in [6.07, 6.45) is 4.98. The van der Waals surface area contributed by atoms with Crippen LogP contribution in [0, 0.1) is 11.8 Å². The van der Waals surface area contributed by atoms with Gasteiger partial charge in [-0.1, -0.05) is 12.1 Å². The molecule has 1 atom stereocenters. The fourth-order valence-corrected chi connectivity index (χ4v) is 3.94. The van der Waals surface area contributed by atoms with Crippen molar-refractivity contribution >= 4 is 5.91 Å². The van der Waals surface area contributed by atoms with Gasteiger partial charge in [-0.25, -0.2) is 0 Å². The number of hydrogen-bond acceptors (Lipinski definition) is 4. The maximum atomic E-state index is 12.7. The summed E-state index contributed by atoms with van der Waals surface area (Å²) >= 11 is 0. The van der Waals surface area contributed by atoms with Gasteiger partial charge in [0.1, 0.15) is 5.75 Å². The Labute approximate surface area is 150 Å². The molecule has 0 saturated carbocycles. The molecular formula is C20H30N2O3. The largest absolute Gasteiger partial charge is 0.497 e. The van der Waals surface area contributed by atoms with E-state index in [0.29, 0.717) is 5.92 Å². The molecule has 1 unspecified atom stereocenters. The highest BCUT2D eigenvalue weighted by atomic mass is 16.5. The number of nitrogens with zero attached hydrogens (tertiary/aromatic N) is 1. The first-order chi connectivity index (χ1) is 12.2. The van der Waals surface area contributed by atoms with E-state index in [1.165, 1.54) is 5.56 Å². The molecule has 1 amide bonds. The van der Waals surface area contributed by atoms with Crippen molar-refractivity contribution in [2.45, 2.75) is 38.1 Å². The highest BCUT2D eigenvalue weighted by Crippen LogP contribution is 2.25. The van der Waals surface area contributed by atoms with Crippen LogP contribution in [0.1, 0.15) is 31.2 Å². The lowest BCUT2D eigenvalue weighted by Gasteiger charge is -2.36. The number of methoxy groups -OCH3 is 1. The second kappa shape index (κ2) is 8.68. The second-order valence-corrected chi connectivity index (χ2v) is 7.30. The van der Waals surface area contributed by atoms with E-state index in [1.807, 2.05) is 17.0 Å². The van der Waals surface area contributed by atoms with Gasteiger partial charge in [0.05, 0.1) is 13.2 Å². The molecule has 2 N–H and O–H groups in total. The Balaban J connectivity index is 1.46. The Morgan fingerprint density at radius 1 is 1.20 bits per heavy atom. The Bertz CT molecular complexity index is 547. The number of hydrogen-bond donors (Lipinski definition) is 1. The van der Waals surface area contributed by atoms with Crippen LogP contribution in [0.2, 0.25) is 0 Å². The standard InChI is InChI=1S/C20H30N2O3/c1-24-18-4-2-15(3-5-18)14-16-6-10-22(11-7-16)20(23)19(21)17-8-12-25-13-9-17/h2-5,16-17,19H,6-14,21H2,1H3. The van der Waals surface area contributed by atoms with E-state index in [1.54, 1.807) is 7.11 Å². The molecule has 0 radical (unpaired) electrons. The minimum Gasteiger partial charge on any atom is -0.497 e. The van der Waals surface area contributed by atoms with E-state index in [0.717, 1.165) is 64.2 Å². The van der Waals surface area contributed by atoms with E-state index in [4.69, 9.17) is 15.2 Å². The Morgan fingerprint density at radius 2 is 1.84 bits per heavy atom. The highest BCUT2D eigenvalue weighted by molar-refractivity contribution is 5.82. The van der Waals surface area contributed by atoms with Crippen molar-refractivity contribution in [1.82, 2.24) is 4.90 Å². The molecule has 2 heterocycles. The van der Waals surface area contributed by atoms with Crippen molar-refractivity contribution in [3.05, 3.63) is 29.8 Å². The average Bonchev–Trinajstić information content (AvgIpc) is 2.69. The monoisotopic (exact) mass is 346 g/mol. The van der Waals surface area contributed by atoms with Gasteiger partial charge in [0, 0.05) is 26.3 Å². The summed E-state index contributed by atoms with van der Waals surface area (Å²) in [6.45, 7) is 3.12. The van der Waals surface area contributed by atoms with Gasteiger partial charge in [-0.3, -0.25) is 4.79 Å². The van der Waals surface area contributed by atoms with Gasteiger partial charge in [-0.2, -0.15) is 0 Å². The predicted octanol–water partition coefficient (Wildman–Crippen LogP) is 2.23.